The van der Waals surface area contributed by atoms with Crippen molar-refractivity contribution >= 4 is 24.9 Å². The number of nitrogens with two attached hydrogens (primary N) is 1. The third kappa shape index (κ3) is 5.23. The molecular formula is C18H19F3N5O8P. The van der Waals surface area contributed by atoms with Gasteiger partial charge in [-0.15, -0.1) is 0 Å². The Balaban J connectivity index is 1.74. The minimum Gasteiger partial charge on any atom is -0.756 e. The molecule has 1 aliphatic heterocycles. The molecule has 190 valence electrons. The highest BCUT2D eigenvalue weighted by atomic mass is 31.2. The van der Waals surface area contributed by atoms with Crippen molar-refractivity contribution in [3.8, 4) is 0 Å². The number of imidazole rings is 1. The number of alkyl halides is 3. The fourth-order valence-corrected chi connectivity index (χ4v) is 4.12. The minimum absolute atomic E-state index is 0.124. The summed E-state index contributed by atoms with van der Waals surface area (Å²) in [6, 6.07) is 4.42. The maximum absolute atomic E-state index is 13.1. The molecule has 1 fully saturated rings. The van der Waals surface area contributed by atoms with Crippen molar-refractivity contribution in [3.63, 3.8) is 0 Å². The number of benzene rings is 1. The zero-order valence-corrected chi connectivity index (χ0v) is 18.4. The molecule has 6 N–H and O–H groups in total. The van der Waals surface area contributed by atoms with Crippen molar-refractivity contribution in [2.24, 2.45) is 0 Å². The first kappa shape index (κ1) is 25.2. The van der Waals surface area contributed by atoms with E-state index in [1.165, 1.54) is 23.0 Å². The summed E-state index contributed by atoms with van der Waals surface area (Å²) in [5.74, 6) is -0.312. The highest BCUT2D eigenvalue weighted by molar-refractivity contribution is 7.44. The molecule has 5 atom stereocenters. The summed E-state index contributed by atoms with van der Waals surface area (Å²) in [6.45, 7) is -1.05. The van der Waals surface area contributed by atoms with Crippen LogP contribution in [0.5, 0.6) is 0 Å². The van der Waals surface area contributed by atoms with Gasteiger partial charge in [-0.1, -0.05) is 17.1 Å². The van der Waals surface area contributed by atoms with Gasteiger partial charge < -0.3 is 35.0 Å². The molecule has 1 aliphatic rings. The van der Waals surface area contributed by atoms with Crippen molar-refractivity contribution in [3.05, 3.63) is 52.1 Å². The minimum atomic E-state index is -5.15. The summed E-state index contributed by atoms with van der Waals surface area (Å²) in [4.78, 5) is 38.5. The molecule has 0 bridgehead atoms. The van der Waals surface area contributed by atoms with Crippen LogP contribution in [0.3, 0.4) is 0 Å². The molecule has 0 amide bonds. The maximum atomic E-state index is 13.1. The molecule has 35 heavy (non-hydrogen) atoms. The Bertz CT molecular complexity index is 1360. The lowest BCUT2D eigenvalue weighted by molar-refractivity contribution is -0.745. The van der Waals surface area contributed by atoms with Gasteiger partial charge in [0.15, 0.2) is 6.33 Å². The van der Waals surface area contributed by atoms with Crippen LogP contribution >= 0.6 is 7.82 Å². The van der Waals surface area contributed by atoms with Gasteiger partial charge in [0, 0.05) is 0 Å². The number of H-pyrrole nitrogens is 1. The first-order valence-corrected chi connectivity index (χ1v) is 11.4. The Morgan fingerprint density at radius 1 is 1.34 bits per heavy atom. The number of anilines is 1. The third-order valence-corrected chi connectivity index (χ3v) is 5.79. The van der Waals surface area contributed by atoms with Crippen molar-refractivity contribution in [1.29, 1.82) is 0 Å². The third-order valence-electron chi connectivity index (χ3n) is 5.31. The average Bonchev–Trinajstić information content (AvgIpc) is 3.23. The maximum Gasteiger partial charge on any atom is 0.416 e. The first-order valence-electron chi connectivity index (χ1n) is 9.90. The summed E-state index contributed by atoms with van der Waals surface area (Å²) in [5, 5.41) is 20.7. The van der Waals surface area contributed by atoms with E-state index in [1.54, 1.807) is 0 Å². The second-order valence-electron chi connectivity index (χ2n) is 7.78. The predicted octanol–water partition coefficient (Wildman–Crippen LogP) is -1.24. The van der Waals surface area contributed by atoms with Gasteiger partial charge in [-0.3, -0.25) is 18.9 Å². The van der Waals surface area contributed by atoms with E-state index in [0.29, 0.717) is 0 Å². The Kier molecular flexibility index (Phi) is 6.48. The van der Waals surface area contributed by atoms with Crippen LogP contribution in [0.15, 0.2) is 35.4 Å². The molecular weight excluding hydrogens is 502 g/mol. The van der Waals surface area contributed by atoms with Gasteiger partial charge in [0.1, 0.15) is 18.3 Å². The highest BCUT2D eigenvalue weighted by Crippen LogP contribution is 2.34. The standard InChI is InChI=1S/C18H19F3N5O8P/c19-18(20,21)9-3-1-2-8(4-9)5-25-7-26(14-11(25)15(29)24-17(22)23-14)16-13(28)12(27)10(34-16)6-33-35(30,31)32/h1-4,7,10,12-13,16,27-28H,5-6H2,(H4-,22,23,24,29,30,31,32)/t10-,12-,13-,16-/m1/s1. The van der Waals surface area contributed by atoms with E-state index in [2.05, 4.69) is 14.5 Å². The summed E-state index contributed by atoms with van der Waals surface area (Å²) in [7, 11) is -5.15. The number of nitrogens with one attached hydrogen (secondary N) is 1. The molecule has 17 heteroatoms. The van der Waals surface area contributed by atoms with Gasteiger partial charge in [0.2, 0.25) is 11.7 Å². The molecule has 0 saturated carbocycles. The van der Waals surface area contributed by atoms with Gasteiger partial charge in [0.05, 0.1) is 18.7 Å². The molecule has 0 spiro atoms. The van der Waals surface area contributed by atoms with Gasteiger partial charge in [-0.2, -0.15) is 13.2 Å². The Labute approximate surface area is 193 Å². The largest absolute Gasteiger partial charge is 0.756 e. The summed E-state index contributed by atoms with van der Waals surface area (Å²) >= 11 is 0. The smallest absolute Gasteiger partial charge is 0.416 e. The number of phosphoric acid groups is 1. The van der Waals surface area contributed by atoms with E-state index in [0.717, 1.165) is 16.7 Å². The molecule has 2 aromatic heterocycles. The molecule has 1 saturated heterocycles. The van der Waals surface area contributed by atoms with Crippen LogP contribution in [-0.4, -0.2) is 54.6 Å². The number of nitrogen functional groups attached to an aromatic ring is 1. The topological polar surface area (TPSA) is 200 Å². The van der Waals surface area contributed by atoms with Crippen molar-refractivity contribution < 1.29 is 51.6 Å². The molecule has 1 unspecified atom stereocenters. The highest BCUT2D eigenvalue weighted by Gasteiger charge is 2.47. The number of aromatic amines is 1. The average molecular weight is 521 g/mol. The molecule has 0 aliphatic carbocycles. The van der Waals surface area contributed by atoms with E-state index in [4.69, 9.17) is 15.4 Å². The van der Waals surface area contributed by atoms with Crippen LogP contribution in [0.1, 0.15) is 17.4 Å². The van der Waals surface area contributed by atoms with Crippen LogP contribution in [0, 0.1) is 0 Å². The summed E-state index contributed by atoms with van der Waals surface area (Å²) in [5.41, 5.74) is 3.93. The second kappa shape index (κ2) is 8.98. The lowest BCUT2D eigenvalue weighted by Gasteiger charge is -2.19. The monoisotopic (exact) mass is 521 g/mol. The quantitative estimate of drug-likeness (QED) is 0.193. The number of aromatic nitrogens is 4. The number of rotatable bonds is 6. The molecule has 1 aromatic carbocycles. The normalized spacial score (nSPS) is 24.7. The van der Waals surface area contributed by atoms with Crippen molar-refractivity contribution in [2.75, 3.05) is 12.3 Å². The number of nitrogens with zero attached hydrogens (tertiary/aromatic N) is 3. The van der Waals surface area contributed by atoms with Crippen LogP contribution in [-0.2, 0) is 26.5 Å². The number of hydrogen-bond donors (Lipinski definition) is 5. The number of aliphatic hydroxyl groups excluding tert-OH is 2. The number of phosphoric ester groups is 1. The molecule has 3 heterocycles. The number of fused-ring (bicyclic) bond motifs is 1. The van der Waals surface area contributed by atoms with E-state index < -0.39 is 56.3 Å². The lowest BCUT2D eigenvalue weighted by atomic mass is 10.1. The Morgan fingerprint density at radius 3 is 2.71 bits per heavy atom. The fraction of sp³-hybridized carbons (Fsp3) is 0.389. The Hall–Kier alpha value is -2.85. The van der Waals surface area contributed by atoms with E-state index in [-0.39, 0.29) is 29.2 Å². The second-order valence-corrected chi connectivity index (χ2v) is 8.98. The summed E-state index contributed by atoms with van der Waals surface area (Å²) in [6.07, 6.45) is -9.53. The van der Waals surface area contributed by atoms with Crippen LogP contribution in [0.25, 0.3) is 11.2 Å². The van der Waals surface area contributed by atoms with E-state index >= 15 is 0 Å². The fourth-order valence-electron chi connectivity index (χ4n) is 3.79. The number of aliphatic hydroxyl groups is 2. The SMILES string of the molecule is Nc1nc2c(c(=O)[nH]1)n(Cc1cccc(C(F)(F)F)c1)c[n+]2[C@@H]1O[C@H](COP(=O)([O-])O)[C@@H](O)[C@H]1O. The zero-order valence-electron chi connectivity index (χ0n) is 17.5. The van der Waals surface area contributed by atoms with Gasteiger partial charge >= 0.3 is 11.8 Å². The van der Waals surface area contributed by atoms with Crippen LogP contribution < -0.4 is 20.8 Å². The molecule has 0 radical (unpaired) electrons. The lowest BCUT2D eigenvalue weighted by Crippen LogP contribution is -2.46. The zero-order chi connectivity index (χ0) is 25.7. The number of hydrogen-bond acceptors (Lipinski definition) is 9. The van der Waals surface area contributed by atoms with E-state index in [9.17, 15) is 37.6 Å². The summed E-state index contributed by atoms with van der Waals surface area (Å²) < 4.78 is 62.3. The molecule has 4 rings (SSSR count). The van der Waals surface area contributed by atoms with Crippen molar-refractivity contribution in [1.82, 2.24) is 14.5 Å². The van der Waals surface area contributed by atoms with Gasteiger partial charge in [-0.05, 0) is 17.7 Å². The van der Waals surface area contributed by atoms with Crippen molar-refractivity contribution in [2.45, 2.75) is 37.3 Å². The number of ether oxygens (including phenoxy) is 1. The van der Waals surface area contributed by atoms with Gasteiger partial charge in [0.25, 0.3) is 19.3 Å². The predicted molar refractivity (Wildman–Crippen MR) is 107 cm³/mol. The van der Waals surface area contributed by atoms with Crippen LogP contribution in [0.2, 0.25) is 0 Å². The Morgan fingerprint density at radius 2 is 2.06 bits per heavy atom. The molecule has 3 aromatic rings. The molecule has 13 nitrogen and oxygen atoms in total. The first-order chi connectivity index (χ1) is 16.2. The number of halogens is 3. The van der Waals surface area contributed by atoms with Gasteiger partial charge in [-0.25, -0.2) is 4.57 Å². The van der Waals surface area contributed by atoms with Crippen LogP contribution in [0.4, 0.5) is 19.1 Å². The van der Waals surface area contributed by atoms with E-state index in [1.807, 2.05) is 0 Å².